The Morgan fingerprint density at radius 3 is 2.89 bits per heavy atom. The molecule has 0 amide bonds. The van der Waals surface area contributed by atoms with E-state index in [9.17, 15) is 0 Å². The maximum absolute atomic E-state index is 6.24. The van der Waals surface area contributed by atoms with Gasteiger partial charge in [-0.1, -0.05) is 13.3 Å². The molecule has 0 bridgehead atoms. The number of ether oxygens (including phenoxy) is 1. The van der Waals surface area contributed by atoms with Crippen LogP contribution in [0, 0.1) is 11.8 Å². The summed E-state index contributed by atoms with van der Waals surface area (Å²) in [5.41, 5.74) is 0.112. The number of hydrogen-bond donors (Lipinski definition) is 1. The largest absolute Gasteiger partial charge is 0.465 e. The van der Waals surface area contributed by atoms with Crippen LogP contribution in [0.2, 0.25) is 0 Å². The van der Waals surface area contributed by atoms with Crippen LogP contribution < -0.4 is 5.32 Å². The molecule has 1 N–H and O–H groups in total. The molecule has 1 saturated carbocycles. The minimum Gasteiger partial charge on any atom is -0.465 e. The monoisotopic (exact) mass is 249 g/mol. The van der Waals surface area contributed by atoms with Crippen LogP contribution in [0.3, 0.4) is 0 Å². The zero-order valence-corrected chi connectivity index (χ0v) is 11.5. The fourth-order valence-corrected chi connectivity index (χ4v) is 3.54. The summed E-state index contributed by atoms with van der Waals surface area (Å²) in [6.07, 6.45) is 5.73. The molecular weight excluding hydrogens is 226 g/mol. The molecule has 0 aromatic carbocycles. The van der Waals surface area contributed by atoms with Gasteiger partial charge in [-0.25, -0.2) is 0 Å². The van der Waals surface area contributed by atoms with Crippen molar-refractivity contribution < 1.29 is 9.15 Å². The summed E-state index contributed by atoms with van der Waals surface area (Å²) in [6, 6.07) is 3.91. The maximum atomic E-state index is 6.24. The lowest BCUT2D eigenvalue weighted by Gasteiger charge is -2.50. The third-order valence-corrected chi connectivity index (χ3v) is 4.60. The fourth-order valence-electron chi connectivity index (χ4n) is 3.54. The summed E-state index contributed by atoms with van der Waals surface area (Å²) in [4.78, 5) is 0. The molecule has 4 atom stereocenters. The summed E-state index contributed by atoms with van der Waals surface area (Å²) >= 11 is 0. The summed E-state index contributed by atoms with van der Waals surface area (Å²) < 4.78 is 11.7. The normalized spacial score (nSPS) is 39.3. The minimum atomic E-state index is -0.0958. The number of furan rings is 1. The van der Waals surface area contributed by atoms with E-state index in [1.54, 1.807) is 6.26 Å². The Kier molecular flexibility index (Phi) is 2.99. The first kappa shape index (κ1) is 12.2. The number of rotatable bonds is 1. The van der Waals surface area contributed by atoms with Gasteiger partial charge in [0, 0.05) is 11.5 Å². The molecule has 0 radical (unpaired) electrons. The summed E-state index contributed by atoms with van der Waals surface area (Å²) in [5, 5.41) is 3.59. The molecule has 18 heavy (non-hydrogen) atoms. The van der Waals surface area contributed by atoms with Crippen molar-refractivity contribution in [3.63, 3.8) is 0 Å². The zero-order valence-electron chi connectivity index (χ0n) is 11.5. The molecule has 3 nitrogen and oxygen atoms in total. The Morgan fingerprint density at radius 1 is 1.33 bits per heavy atom. The first-order valence-corrected chi connectivity index (χ1v) is 7.03. The number of nitrogens with one attached hydrogen (secondary N) is 1. The first-order valence-electron chi connectivity index (χ1n) is 7.03. The Hall–Kier alpha value is -0.800. The molecule has 2 aliphatic rings. The molecule has 1 aromatic rings. The number of hydrogen-bond acceptors (Lipinski definition) is 3. The van der Waals surface area contributed by atoms with Crippen LogP contribution >= 0.6 is 0 Å². The molecule has 100 valence electrons. The lowest BCUT2D eigenvalue weighted by Crippen LogP contribution is -2.59. The molecule has 1 saturated heterocycles. The van der Waals surface area contributed by atoms with Gasteiger partial charge < -0.3 is 9.15 Å². The van der Waals surface area contributed by atoms with Crippen molar-refractivity contribution in [1.82, 2.24) is 5.32 Å². The van der Waals surface area contributed by atoms with E-state index in [0.717, 1.165) is 11.7 Å². The van der Waals surface area contributed by atoms with Crippen molar-refractivity contribution in [2.24, 2.45) is 11.8 Å². The van der Waals surface area contributed by atoms with Crippen LogP contribution in [0.5, 0.6) is 0 Å². The molecule has 3 heteroatoms. The molecule has 2 fully saturated rings. The van der Waals surface area contributed by atoms with E-state index < -0.39 is 0 Å². The van der Waals surface area contributed by atoms with E-state index in [-0.39, 0.29) is 11.8 Å². The number of fused-ring (bicyclic) bond motifs is 1. The van der Waals surface area contributed by atoms with Crippen molar-refractivity contribution >= 4 is 0 Å². The van der Waals surface area contributed by atoms with Gasteiger partial charge in [-0.2, -0.15) is 0 Å². The molecule has 0 unspecified atom stereocenters. The Bertz CT molecular complexity index is 399. The molecule has 0 spiro atoms. The first-order chi connectivity index (χ1) is 8.56. The van der Waals surface area contributed by atoms with Gasteiger partial charge in [0.25, 0.3) is 0 Å². The second kappa shape index (κ2) is 4.39. The highest BCUT2D eigenvalue weighted by molar-refractivity contribution is 5.07. The minimum absolute atomic E-state index is 0.0958. The SMILES string of the molecule is C[C@H]1CC[C@H]2[C@H](C1)O[C@H](c1ccco1)NC2(C)C. The van der Waals surface area contributed by atoms with Crippen molar-refractivity contribution in [2.75, 3.05) is 0 Å². The molecule has 1 aliphatic heterocycles. The summed E-state index contributed by atoms with van der Waals surface area (Å²) in [5.74, 6) is 2.28. The van der Waals surface area contributed by atoms with Crippen LogP contribution in [0.4, 0.5) is 0 Å². The Balaban J connectivity index is 1.82. The van der Waals surface area contributed by atoms with E-state index in [2.05, 4.69) is 26.1 Å². The molecule has 1 aromatic heterocycles. The summed E-state index contributed by atoms with van der Waals surface area (Å²) in [7, 11) is 0. The van der Waals surface area contributed by atoms with Crippen molar-refractivity contribution in [1.29, 1.82) is 0 Å². The highest BCUT2D eigenvalue weighted by Gasteiger charge is 2.46. The topological polar surface area (TPSA) is 34.4 Å². The van der Waals surface area contributed by atoms with Crippen LogP contribution in [-0.4, -0.2) is 11.6 Å². The van der Waals surface area contributed by atoms with Crippen molar-refractivity contribution in [3.05, 3.63) is 24.2 Å². The van der Waals surface area contributed by atoms with Gasteiger partial charge in [0.05, 0.1) is 12.4 Å². The second-order valence-corrected chi connectivity index (χ2v) is 6.46. The predicted molar refractivity (Wildman–Crippen MR) is 70.0 cm³/mol. The lowest BCUT2D eigenvalue weighted by atomic mass is 9.70. The van der Waals surface area contributed by atoms with E-state index in [4.69, 9.17) is 9.15 Å². The molecule has 1 aliphatic carbocycles. The smallest absolute Gasteiger partial charge is 0.167 e. The molecular formula is C15H23NO2. The van der Waals surface area contributed by atoms with Crippen molar-refractivity contribution in [3.8, 4) is 0 Å². The van der Waals surface area contributed by atoms with Crippen LogP contribution in [0.15, 0.2) is 22.8 Å². The van der Waals surface area contributed by atoms with E-state index >= 15 is 0 Å². The molecule has 3 rings (SSSR count). The lowest BCUT2D eigenvalue weighted by molar-refractivity contribution is -0.162. The summed E-state index contributed by atoms with van der Waals surface area (Å²) in [6.45, 7) is 6.91. The van der Waals surface area contributed by atoms with Crippen LogP contribution in [0.1, 0.15) is 52.0 Å². The van der Waals surface area contributed by atoms with Crippen molar-refractivity contribution in [2.45, 2.75) is 57.9 Å². The zero-order chi connectivity index (χ0) is 12.8. The van der Waals surface area contributed by atoms with Gasteiger partial charge in [-0.15, -0.1) is 0 Å². The molecule has 2 heterocycles. The standard InChI is InChI=1S/C15H23NO2/c1-10-6-7-11-13(9-10)18-14(16-15(11,2)3)12-5-4-8-17-12/h4-5,8,10-11,13-14,16H,6-7,9H2,1-3H3/t10-,11-,13-,14+/m0/s1. The third-order valence-electron chi connectivity index (χ3n) is 4.60. The highest BCUT2D eigenvalue weighted by Crippen LogP contribution is 2.43. The Morgan fingerprint density at radius 2 is 2.17 bits per heavy atom. The highest BCUT2D eigenvalue weighted by atomic mass is 16.5. The average molecular weight is 249 g/mol. The van der Waals surface area contributed by atoms with Gasteiger partial charge in [-0.05, 0) is 44.7 Å². The Labute approximate surface area is 109 Å². The third kappa shape index (κ3) is 2.10. The average Bonchev–Trinajstić information content (AvgIpc) is 2.80. The quantitative estimate of drug-likeness (QED) is 0.827. The predicted octanol–water partition coefficient (Wildman–Crippen LogP) is 3.48. The van der Waals surface area contributed by atoms with Gasteiger partial charge >= 0.3 is 0 Å². The van der Waals surface area contributed by atoms with E-state index in [1.807, 2.05) is 12.1 Å². The van der Waals surface area contributed by atoms with Gasteiger partial charge in [-0.3, -0.25) is 5.32 Å². The van der Waals surface area contributed by atoms with Gasteiger partial charge in [0.1, 0.15) is 5.76 Å². The second-order valence-electron chi connectivity index (χ2n) is 6.46. The maximum Gasteiger partial charge on any atom is 0.167 e. The van der Waals surface area contributed by atoms with Crippen LogP contribution in [0.25, 0.3) is 0 Å². The van der Waals surface area contributed by atoms with Gasteiger partial charge in [0.15, 0.2) is 6.23 Å². The fraction of sp³-hybridized carbons (Fsp3) is 0.733. The van der Waals surface area contributed by atoms with E-state index in [0.29, 0.717) is 12.0 Å². The van der Waals surface area contributed by atoms with E-state index in [1.165, 1.54) is 19.3 Å². The van der Waals surface area contributed by atoms with Gasteiger partial charge in [0.2, 0.25) is 0 Å². The van der Waals surface area contributed by atoms with Crippen LogP contribution in [-0.2, 0) is 4.74 Å².